The lowest BCUT2D eigenvalue weighted by Gasteiger charge is -2.13. The van der Waals surface area contributed by atoms with Crippen LogP contribution in [0.2, 0.25) is 0 Å². The number of methoxy groups -OCH3 is 1. The van der Waals surface area contributed by atoms with Crippen molar-refractivity contribution in [3.8, 4) is 11.5 Å². The van der Waals surface area contributed by atoms with E-state index in [4.69, 9.17) is 9.47 Å². The molecule has 0 aliphatic heterocycles. The zero-order valence-electron chi connectivity index (χ0n) is 16.0. The second-order valence-electron chi connectivity index (χ2n) is 6.48. The molecule has 0 fully saturated rings. The Morgan fingerprint density at radius 1 is 1.00 bits per heavy atom. The number of nitrogens with zero attached hydrogens (tertiary/aromatic N) is 1. The summed E-state index contributed by atoms with van der Waals surface area (Å²) in [6.07, 6.45) is 1.82. The van der Waals surface area contributed by atoms with Crippen molar-refractivity contribution >= 4 is 34.5 Å². The Morgan fingerprint density at radius 3 is 2.43 bits per heavy atom. The molecule has 5 heteroatoms. The van der Waals surface area contributed by atoms with Crippen molar-refractivity contribution in [2.75, 3.05) is 7.11 Å². The molecule has 0 unspecified atom stereocenters. The van der Waals surface area contributed by atoms with Gasteiger partial charge in [-0.15, -0.1) is 0 Å². The van der Waals surface area contributed by atoms with Crippen molar-refractivity contribution in [1.29, 1.82) is 0 Å². The van der Waals surface area contributed by atoms with Gasteiger partial charge in [-0.3, -0.25) is 4.99 Å². The third-order valence-corrected chi connectivity index (χ3v) is 5.20. The van der Waals surface area contributed by atoms with E-state index in [-0.39, 0.29) is 5.82 Å². The van der Waals surface area contributed by atoms with Gasteiger partial charge in [-0.05, 0) is 95.1 Å². The predicted molar refractivity (Wildman–Crippen MR) is 120 cm³/mol. The van der Waals surface area contributed by atoms with Crippen LogP contribution in [-0.4, -0.2) is 13.3 Å². The number of hydrogen-bond acceptors (Lipinski definition) is 3. The molecule has 0 amide bonds. The Morgan fingerprint density at radius 2 is 1.75 bits per heavy atom. The molecule has 0 saturated heterocycles. The molecule has 0 bridgehead atoms. The molecular weight excluding hydrogens is 468 g/mol. The lowest BCUT2D eigenvalue weighted by Crippen LogP contribution is -2.01. The third-order valence-electron chi connectivity index (χ3n) is 4.40. The largest absolute Gasteiger partial charge is 0.493 e. The van der Waals surface area contributed by atoms with E-state index in [1.807, 2.05) is 24.4 Å². The quantitative estimate of drug-likeness (QED) is 0.297. The second-order valence-corrected chi connectivity index (χ2v) is 7.64. The summed E-state index contributed by atoms with van der Waals surface area (Å²) in [6.45, 7) is 4.50. The molecule has 144 valence electrons. The van der Waals surface area contributed by atoms with Gasteiger partial charge in [0.15, 0.2) is 11.5 Å². The van der Waals surface area contributed by atoms with Gasteiger partial charge in [0.1, 0.15) is 12.4 Å². The van der Waals surface area contributed by atoms with Crippen LogP contribution in [0.5, 0.6) is 11.5 Å². The van der Waals surface area contributed by atoms with Crippen LogP contribution in [-0.2, 0) is 6.61 Å². The van der Waals surface area contributed by atoms with E-state index in [9.17, 15) is 4.39 Å². The summed E-state index contributed by atoms with van der Waals surface area (Å²) in [5, 5.41) is 0. The van der Waals surface area contributed by atoms with Gasteiger partial charge in [0.2, 0.25) is 0 Å². The van der Waals surface area contributed by atoms with E-state index in [2.05, 4.69) is 53.6 Å². The van der Waals surface area contributed by atoms with Crippen LogP contribution in [0.1, 0.15) is 22.3 Å². The fraction of sp³-hybridized carbons (Fsp3) is 0.174. The van der Waals surface area contributed by atoms with E-state index in [1.165, 1.54) is 23.3 Å². The minimum atomic E-state index is -0.261. The molecule has 0 saturated carbocycles. The normalized spacial score (nSPS) is 11.0. The van der Waals surface area contributed by atoms with E-state index in [1.54, 1.807) is 19.2 Å². The van der Waals surface area contributed by atoms with Gasteiger partial charge in [0.05, 0.1) is 16.4 Å². The highest BCUT2D eigenvalue weighted by atomic mass is 127. The lowest BCUT2D eigenvalue weighted by atomic mass is 10.1. The molecule has 3 aromatic carbocycles. The van der Waals surface area contributed by atoms with E-state index < -0.39 is 0 Å². The van der Waals surface area contributed by atoms with Gasteiger partial charge in [-0.2, -0.15) is 0 Å². The van der Waals surface area contributed by atoms with Crippen molar-refractivity contribution in [2.24, 2.45) is 4.99 Å². The van der Waals surface area contributed by atoms with Crippen molar-refractivity contribution in [2.45, 2.75) is 20.5 Å². The van der Waals surface area contributed by atoms with Gasteiger partial charge >= 0.3 is 0 Å². The molecule has 3 rings (SSSR count). The molecule has 0 atom stereocenters. The maximum Gasteiger partial charge on any atom is 0.174 e. The lowest BCUT2D eigenvalue weighted by molar-refractivity contribution is 0.282. The minimum absolute atomic E-state index is 0.261. The van der Waals surface area contributed by atoms with Crippen LogP contribution in [0.4, 0.5) is 10.1 Å². The van der Waals surface area contributed by atoms with Gasteiger partial charge in [0, 0.05) is 6.21 Å². The first-order valence-electron chi connectivity index (χ1n) is 8.82. The van der Waals surface area contributed by atoms with Gasteiger partial charge in [-0.25, -0.2) is 4.39 Å². The molecule has 0 radical (unpaired) electrons. The third kappa shape index (κ3) is 5.10. The maximum atomic E-state index is 13.0. The van der Waals surface area contributed by atoms with Crippen LogP contribution in [0.3, 0.4) is 0 Å². The first-order valence-corrected chi connectivity index (χ1v) is 9.90. The Kier molecular flexibility index (Phi) is 6.67. The predicted octanol–water partition coefficient (Wildman–Crippen LogP) is 6.39. The van der Waals surface area contributed by atoms with Crippen LogP contribution in [0.15, 0.2) is 59.6 Å². The summed E-state index contributed by atoms with van der Waals surface area (Å²) in [5.74, 6) is 1.04. The van der Waals surface area contributed by atoms with Crippen LogP contribution in [0, 0.1) is 23.2 Å². The summed E-state index contributed by atoms with van der Waals surface area (Å²) in [6, 6.07) is 16.3. The Labute approximate surface area is 178 Å². The number of ether oxygens (including phenoxy) is 2. The van der Waals surface area contributed by atoms with Crippen LogP contribution < -0.4 is 9.47 Å². The summed E-state index contributed by atoms with van der Waals surface area (Å²) in [7, 11) is 1.61. The summed E-state index contributed by atoms with van der Waals surface area (Å²) >= 11 is 2.22. The standard InChI is InChI=1S/C23H21FINO2/c1-15-4-9-20(10-16(15)2)26-13-18-11-21(25)23(22(12-18)27-3)28-14-17-5-7-19(24)8-6-17/h4-13H,14H2,1-3H3. The zero-order valence-corrected chi connectivity index (χ0v) is 18.2. The highest BCUT2D eigenvalue weighted by molar-refractivity contribution is 14.1. The van der Waals surface area contributed by atoms with Crippen molar-refractivity contribution in [3.05, 3.63) is 86.2 Å². The van der Waals surface area contributed by atoms with Gasteiger partial charge in [-0.1, -0.05) is 18.2 Å². The Balaban J connectivity index is 1.79. The fourth-order valence-electron chi connectivity index (χ4n) is 2.65. The second kappa shape index (κ2) is 9.19. The SMILES string of the molecule is COc1cc(C=Nc2ccc(C)c(C)c2)cc(I)c1OCc1ccc(F)cc1. The number of aryl methyl sites for hydroxylation is 2. The topological polar surface area (TPSA) is 30.8 Å². The molecule has 0 spiro atoms. The van der Waals surface area contributed by atoms with Crippen molar-refractivity contribution in [1.82, 2.24) is 0 Å². The van der Waals surface area contributed by atoms with E-state index in [0.29, 0.717) is 18.1 Å². The average molecular weight is 489 g/mol. The molecule has 0 heterocycles. The Hall–Kier alpha value is -2.41. The smallest absolute Gasteiger partial charge is 0.174 e. The van der Waals surface area contributed by atoms with Crippen molar-refractivity contribution in [3.63, 3.8) is 0 Å². The zero-order chi connectivity index (χ0) is 20.1. The Bertz CT molecular complexity index is 1000. The maximum absolute atomic E-state index is 13.0. The van der Waals surface area contributed by atoms with E-state index >= 15 is 0 Å². The number of benzene rings is 3. The van der Waals surface area contributed by atoms with E-state index in [0.717, 1.165) is 20.4 Å². The number of aliphatic imine (C=N–C) groups is 1. The summed E-state index contributed by atoms with van der Waals surface area (Å²) in [5.41, 5.74) is 5.19. The first kappa shape index (κ1) is 20.3. The summed E-state index contributed by atoms with van der Waals surface area (Å²) < 4.78 is 25.4. The highest BCUT2D eigenvalue weighted by Gasteiger charge is 2.11. The fourth-order valence-corrected chi connectivity index (χ4v) is 3.43. The molecule has 0 N–H and O–H groups in total. The van der Waals surface area contributed by atoms with Crippen LogP contribution >= 0.6 is 22.6 Å². The summed E-state index contributed by atoms with van der Waals surface area (Å²) in [4.78, 5) is 4.57. The molecule has 0 aliphatic rings. The number of hydrogen-bond donors (Lipinski definition) is 0. The average Bonchev–Trinajstić information content (AvgIpc) is 2.69. The minimum Gasteiger partial charge on any atom is -0.493 e. The number of halogens is 2. The van der Waals surface area contributed by atoms with Gasteiger partial charge in [0.25, 0.3) is 0 Å². The highest BCUT2D eigenvalue weighted by Crippen LogP contribution is 2.34. The monoisotopic (exact) mass is 489 g/mol. The van der Waals surface area contributed by atoms with Gasteiger partial charge < -0.3 is 9.47 Å². The van der Waals surface area contributed by atoms with Crippen molar-refractivity contribution < 1.29 is 13.9 Å². The first-order chi connectivity index (χ1) is 13.5. The molecule has 0 aromatic heterocycles. The number of rotatable bonds is 6. The molecule has 3 nitrogen and oxygen atoms in total. The molecule has 0 aliphatic carbocycles. The molecule has 28 heavy (non-hydrogen) atoms. The van der Waals surface area contributed by atoms with Crippen LogP contribution in [0.25, 0.3) is 0 Å². The molecule has 3 aromatic rings. The molecular formula is C23H21FINO2.